The SMILES string of the molecule is C=C(O)CN1CCN(Cc2cccc(Nc3cc(-c4cnc(N5CCCC5CCN)nc4)ccn3)c2)C(CO)C1. The smallest absolute Gasteiger partial charge is 0.225 e. The Kier molecular flexibility index (Phi) is 9.22. The lowest BCUT2D eigenvalue weighted by molar-refractivity contribution is 0.0350. The minimum Gasteiger partial charge on any atom is -0.512 e. The fourth-order valence-electron chi connectivity index (χ4n) is 5.76. The number of nitrogens with one attached hydrogen (secondary N) is 1. The number of anilines is 3. The van der Waals surface area contributed by atoms with E-state index in [1.807, 2.05) is 36.7 Å². The third kappa shape index (κ3) is 6.95. The molecule has 2 aromatic heterocycles. The van der Waals surface area contributed by atoms with Gasteiger partial charge in [-0.2, -0.15) is 0 Å². The maximum absolute atomic E-state index is 9.97. The number of nitrogens with two attached hydrogens (primary N) is 1. The fraction of sp³-hybridized carbons (Fsp3) is 0.433. The Morgan fingerprint density at radius 2 is 1.90 bits per heavy atom. The highest BCUT2D eigenvalue weighted by atomic mass is 16.3. The Morgan fingerprint density at radius 1 is 1.05 bits per heavy atom. The van der Waals surface area contributed by atoms with Crippen LogP contribution in [0.4, 0.5) is 17.5 Å². The van der Waals surface area contributed by atoms with Gasteiger partial charge in [-0.3, -0.25) is 9.80 Å². The van der Waals surface area contributed by atoms with Gasteiger partial charge in [-0.15, -0.1) is 0 Å². The summed E-state index contributed by atoms with van der Waals surface area (Å²) in [6, 6.07) is 12.7. The lowest BCUT2D eigenvalue weighted by Gasteiger charge is -2.40. The van der Waals surface area contributed by atoms with E-state index in [9.17, 15) is 10.2 Å². The second kappa shape index (κ2) is 13.2. The quantitative estimate of drug-likeness (QED) is 0.267. The van der Waals surface area contributed by atoms with Crippen molar-refractivity contribution in [2.45, 2.75) is 37.9 Å². The first-order valence-electron chi connectivity index (χ1n) is 14.1. The molecule has 0 bridgehead atoms. The Bertz CT molecular complexity index is 1270. The molecule has 5 N–H and O–H groups in total. The van der Waals surface area contributed by atoms with Crippen molar-refractivity contribution in [1.82, 2.24) is 24.8 Å². The van der Waals surface area contributed by atoms with Gasteiger partial charge in [0.15, 0.2) is 0 Å². The highest BCUT2D eigenvalue weighted by Gasteiger charge is 2.27. The molecule has 10 nitrogen and oxygen atoms in total. The third-order valence-corrected chi connectivity index (χ3v) is 7.76. The number of aromatic nitrogens is 3. The summed E-state index contributed by atoms with van der Waals surface area (Å²) >= 11 is 0. The first-order chi connectivity index (χ1) is 19.5. The summed E-state index contributed by atoms with van der Waals surface area (Å²) in [5, 5.41) is 22.9. The molecule has 2 aliphatic heterocycles. The van der Waals surface area contributed by atoms with Crippen molar-refractivity contribution < 1.29 is 10.2 Å². The van der Waals surface area contributed by atoms with Crippen molar-refractivity contribution in [2.24, 2.45) is 5.73 Å². The van der Waals surface area contributed by atoms with Crippen LogP contribution in [0.5, 0.6) is 0 Å². The van der Waals surface area contributed by atoms with E-state index in [-0.39, 0.29) is 18.4 Å². The maximum atomic E-state index is 9.97. The molecule has 1 aromatic carbocycles. The molecule has 2 fully saturated rings. The van der Waals surface area contributed by atoms with E-state index < -0.39 is 0 Å². The molecule has 0 amide bonds. The lowest BCUT2D eigenvalue weighted by Crippen LogP contribution is -2.54. The summed E-state index contributed by atoms with van der Waals surface area (Å²) in [5.41, 5.74) is 9.83. The average Bonchev–Trinajstić information content (AvgIpc) is 3.42. The van der Waals surface area contributed by atoms with E-state index in [2.05, 4.69) is 53.7 Å². The van der Waals surface area contributed by atoms with Gasteiger partial charge in [0.25, 0.3) is 0 Å². The van der Waals surface area contributed by atoms with E-state index in [1.165, 1.54) is 0 Å². The minimum atomic E-state index is 0.00804. The molecule has 2 aliphatic rings. The van der Waals surface area contributed by atoms with Gasteiger partial charge >= 0.3 is 0 Å². The van der Waals surface area contributed by atoms with E-state index in [1.54, 1.807) is 6.20 Å². The molecule has 0 radical (unpaired) electrons. The number of hydrogen-bond donors (Lipinski definition) is 4. The monoisotopic (exact) mass is 544 g/mol. The molecule has 2 saturated heterocycles. The predicted octanol–water partition coefficient (Wildman–Crippen LogP) is 3.15. The Hall–Kier alpha value is -3.57. The number of aliphatic hydroxyl groups excluding tert-OH is 2. The summed E-state index contributed by atoms with van der Waals surface area (Å²) in [7, 11) is 0. The number of nitrogens with zero attached hydrogens (tertiary/aromatic N) is 6. The van der Waals surface area contributed by atoms with Crippen LogP contribution in [0, 0.1) is 0 Å². The van der Waals surface area contributed by atoms with Crippen LogP contribution >= 0.6 is 0 Å². The number of pyridine rings is 1. The number of aliphatic hydroxyl groups is 2. The zero-order valence-electron chi connectivity index (χ0n) is 23.0. The van der Waals surface area contributed by atoms with Crippen molar-refractivity contribution in [3.63, 3.8) is 0 Å². The molecule has 0 spiro atoms. The lowest BCUT2D eigenvalue weighted by atomic mass is 10.1. The van der Waals surface area contributed by atoms with Gasteiger partial charge in [0, 0.05) is 74.6 Å². The molecule has 0 saturated carbocycles. The second-order valence-corrected chi connectivity index (χ2v) is 10.7. The van der Waals surface area contributed by atoms with Gasteiger partial charge < -0.3 is 26.2 Å². The molecule has 212 valence electrons. The fourth-order valence-corrected chi connectivity index (χ4v) is 5.76. The maximum Gasteiger partial charge on any atom is 0.225 e. The van der Waals surface area contributed by atoms with E-state index in [0.29, 0.717) is 25.7 Å². The highest BCUT2D eigenvalue weighted by Crippen LogP contribution is 2.27. The molecule has 40 heavy (non-hydrogen) atoms. The van der Waals surface area contributed by atoms with Crippen molar-refractivity contribution in [2.75, 3.05) is 56.1 Å². The van der Waals surface area contributed by atoms with Gasteiger partial charge in [0.1, 0.15) is 5.82 Å². The van der Waals surface area contributed by atoms with E-state index in [0.717, 1.165) is 79.6 Å². The molecule has 2 atom stereocenters. The predicted molar refractivity (Wildman–Crippen MR) is 159 cm³/mol. The first-order valence-corrected chi connectivity index (χ1v) is 14.1. The first kappa shape index (κ1) is 28.0. The molecular formula is C30H40N8O2. The van der Waals surface area contributed by atoms with Crippen molar-refractivity contribution in [3.05, 3.63) is 72.9 Å². The Labute approximate surface area is 236 Å². The summed E-state index contributed by atoms with van der Waals surface area (Å²) in [6.07, 6.45) is 8.81. The number of piperazine rings is 1. The van der Waals surface area contributed by atoms with Crippen LogP contribution in [0.3, 0.4) is 0 Å². The van der Waals surface area contributed by atoms with Gasteiger partial charge in [0.2, 0.25) is 5.95 Å². The molecular weight excluding hydrogens is 504 g/mol. The molecule has 3 aromatic rings. The number of rotatable bonds is 11. The van der Waals surface area contributed by atoms with Crippen molar-refractivity contribution >= 4 is 17.5 Å². The molecule has 4 heterocycles. The van der Waals surface area contributed by atoms with Crippen molar-refractivity contribution in [1.29, 1.82) is 0 Å². The molecule has 0 aliphatic carbocycles. The number of hydrogen-bond acceptors (Lipinski definition) is 10. The van der Waals surface area contributed by atoms with E-state index >= 15 is 0 Å². The summed E-state index contributed by atoms with van der Waals surface area (Å²) < 4.78 is 0. The zero-order chi connectivity index (χ0) is 27.9. The third-order valence-electron chi connectivity index (χ3n) is 7.76. The summed E-state index contributed by atoms with van der Waals surface area (Å²) in [6.45, 7) is 8.82. The van der Waals surface area contributed by atoms with Crippen LogP contribution in [0.25, 0.3) is 11.1 Å². The molecule has 10 heteroatoms. The van der Waals surface area contributed by atoms with Gasteiger partial charge in [-0.1, -0.05) is 18.7 Å². The largest absolute Gasteiger partial charge is 0.512 e. The van der Waals surface area contributed by atoms with E-state index in [4.69, 9.17) is 5.73 Å². The van der Waals surface area contributed by atoms with Crippen molar-refractivity contribution in [3.8, 4) is 11.1 Å². The normalized spacial score (nSPS) is 20.1. The van der Waals surface area contributed by atoms with Crippen LogP contribution in [-0.4, -0.2) is 92.9 Å². The van der Waals surface area contributed by atoms with Crippen LogP contribution in [0.15, 0.2) is 67.3 Å². The van der Waals surface area contributed by atoms with Gasteiger partial charge in [0.05, 0.1) is 18.9 Å². The molecule has 2 unspecified atom stereocenters. The Balaban J connectivity index is 1.23. The second-order valence-electron chi connectivity index (χ2n) is 10.7. The zero-order valence-corrected chi connectivity index (χ0v) is 23.0. The van der Waals surface area contributed by atoms with Crippen LogP contribution in [0.1, 0.15) is 24.8 Å². The Morgan fingerprint density at radius 3 is 2.67 bits per heavy atom. The average molecular weight is 545 g/mol. The van der Waals surface area contributed by atoms with Gasteiger partial charge in [-0.05, 0) is 61.2 Å². The standard InChI is InChI=1S/C30H40N8O2/c1-22(40)18-36-12-13-37(28(20-36)21-39)19-23-4-2-5-26(14-23)35-29-15-24(8-10-32-29)25-16-33-30(34-17-25)38-11-3-6-27(38)7-9-31/h2,4-5,8,10,14-17,27-28,39-40H,1,3,6-7,9,11-13,18-21,31H2,(H,32,35). The topological polar surface area (TPSA) is 127 Å². The van der Waals surface area contributed by atoms with Crippen LogP contribution < -0.4 is 16.0 Å². The minimum absolute atomic E-state index is 0.00804. The highest BCUT2D eigenvalue weighted by molar-refractivity contribution is 5.68. The number of benzene rings is 1. The van der Waals surface area contributed by atoms with Crippen LogP contribution in [0.2, 0.25) is 0 Å². The van der Waals surface area contributed by atoms with Gasteiger partial charge in [-0.25, -0.2) is 15.0 Å². The summed E-state index contributed by atoms with van der Waals surface area (Å²) in [4.78, 5) is 20.6. The van der Waals surface area contributed by atoms with Crippen LogP contribution in [-0.2, 0) is 6.54 Å². The molecule has 5 rings (SSSR count). The summed E-state index contributed by atoms with van der Waals surface area (Å²) in [5.74, 6) is 1.67.